The van der Waals surface area contributed by atoms with Crippen molar-refractivity contribution in [3.63, 3.8) is 0 Å². The molecule has 0 aromatic heterocycles. The van der Waals surface area contributed by atoms with Gasteiger partial charge in [0.1, 0.15) is 0 Å². The monoisotopic (exact) mass is 236 g/mol. The Bertz CT molecular complexity index is 380. The molecule has 0 fully saturated rings. The van der Waals surface area contributed by atoms with E-state index in [1.807, 2.05) is 12.1 Å². The van der Waals surface area contributed by atoms with Crippen molar-refractivity contribution in [2.75, 3.05) is 19.9 Å². The molecule has 0 bridgehead atoms. The third-order valence-corrected chi connectivity index (χ3v) is 2.97. The number of hydrogen-bond donors (Lipinski definition) is 1. The molecular formula is C13H20N2O2. The van der Waals surface area contributed by atoms with Crippen molar-refractivity contribution in [2.45, 2.75) is 26.4 Å². The van der Waals surface area contributed by atoms with Gasteiger partial charge in [0.05, 0.1) is 0 Å². The van der Waals surface area contributed by atoms with Crippen LogP contribution in [0.4, 0.5) is 0 Å². The molecule has 2 rings (SSSR count). The van der Waals surface area contributed by atoms with Gasteiger partial charge >= 0.3 is 0 Å². The molecular weight excluding hydrogens is 216 g/mol. The van der Waals surface area contributed by atoms with Crippen molar-refractivity contribution in [3.8, 4) is 11.5 Å². The van der Waals surface area contributed by atoms with Gasteiger partial charge in [0.2, 0.25) is 6.79 Å². The van der Waals surface area contributed by atoms with Crippen molar-refractivity contribution >= 4 is 0 Å². The summed E-state index contributed by atoms with van der Waals surface area (Å²) in [5.41, 5.74) is 6.86. The van der Waals surface area contributed by atoms with E-state index >= 15 is 0 Å². The molecule has 1 aliphatic heterocycles. The first-order chi connectivity index (χ1) is 8.20. The average molecular weight is 236 g/mol. The van der Waals surface area contributed by atoms with Crippen LogP contribution in [0.1, 0.15) is 19.4 Å². The molecule has 0 spiro atoms. The summed E-state index contributed by atoms with van der Waals surface area (Å²) in [6.07, 6.45) is 0. The van der Waals surface area contributed by atoms with Gasteiger partial charge in [0.25, 0.3) is 0 Å². The fourth-order valence-corrected chi connectivity index (χ4v) is 1.96. The van der Waals surface area contributed by atoms with Crippen molar-refractivity contribution in [3.05, 3.63) is 23.8 Å². The summed E-state index contributed by atoms with van der Waals surface area (Å²) in [5.74, 6) is 1.68. The summed E-state index contributed by atoms with van der Waals surface area (Å²) in [4.78, 5) is 2.34. The van der Waals surface area contributed by atoms with Gasteiger partial charge in [-0.05, 0) is 31.5 Å². The SMILES string of the molecule is CC(C)N(CCN)Cc1ccc2c(c1)OCO2. The average Bonchev–Trinajstić information content (AvgIpc) is 2.75. The molecule has 0 amide bonds. The summed E-state index contributed by atoms with van der Waals surface area (Å²) in [7, 11) is 0. The van der Waals surface area contributed by atoms with Gasteiger partial charge in [-0.1, -0.05) is 6.07 Å². The Kier molecular flexibility index (Phi) is 3.86. The Balaban J connectivity index is 2.07. The van der Waals surface area contributed by atoms with Gasteiger partial charge in [0, 0.05) is 25.7 Å². The number of rotatable bonds is 5. The Labute approximate surface area is 102 Å². The lowest BCUT2D eigenvalue weighted by Gasteiger charge is -2.25. The summed E-state index contributed by atoms with van der Waals surface area (Å²) in [6, 6.07) is 6.59. The number of ether oxygens (including phenoxy) is 2. The van der Waals surface area contributed by atoms with Gasteiger partial charge in [-0.25, -0.2) is 0 Å². The minimum Gasteiger partial charge on any atom is -0.454 e. The molecule has 4 heteroatoms. The lowest BCUT2D eigenvalue weighted by molar-refractivity contribution is 0.173. The van der Waals surface area contributed by atoms with E-state index in [1.54, 1.807) is 0 Å². The van der Waals surface area contributed by atoms with Gasteiger partial charge in [-0.3, -0.25) is 4.90 Å². The van der Waals surface area contributed by atoms with Crippen LogP contribution in [0.5, 0.6) is 11.5 Å². The Morgan fingerprint density at radius 3 is 2.76 bits per heavy atom. The lowest BCUT2D eigenvalue weighted by Crippen LogP contribution is -2.34. The normalized spacial score (nSPS) is 13.7. The topological polar surface area (TPSA) is 47.7 Å². The summed E-state index contributed by atoms with van der Waals surface area (Å²) in [5, 5.41) is 0. The predicted molar refractivity (Wildman–Crippen MR) is 67.2 cm³/mol. The van der Waals surface area contributed by atoms with Gasteiger partial charge < -0.3 is 15.2 Å². The van der Waals surface area contributed by atoms with E-state index in [1.165, 1.54) is 5.56 Å². The maximum Gasteiger partial charge on any atom is 0.231 e. The van der Waals surface area contributed by atoms with Crippen molar-refractivity contribution in [1.29, 1.82) is 0 Å². The molecule has 0 saturated heterocycles. The molecule has 4 nitrogen and oxygen atoms in total. The van der Waals surface area contributed by atoms with Crippen LogP contribution in [0.2, 0.25) is 0 Å². The minimum atomic E-state index is 0.329. The van der Waals surface area contributed by atoms with Crippen LogP contribution in [0.15, 0.2) is 18.2 Å². The molecule has 0 aliphatic carbocycles. The quantitative estimate of drug-likeness (QED) is 0.843. The molecule has 0 unspecified atom stereocenters. The summed E-state index contributed by atoms with van der Waals surface area (Å²) in [6.45, 7) is 7.18. The zero-order valence-corrected chi connectivity index (χ0v) is 10.5. The number of benzene rings is 1. The summed E-state index contributed by atoms with van der Waals surface area (Å²) < 4.78 is 10.7. The van der Waals surface area contributed by atoms with Crippen LogP contribution in [0.3, 0.4) is 0 Å². The molecule has 1 aromatic rings. The standard InChI is InChI=1S/C13H20N2O2/c1-10(2)15(6-5-14)8-11-3-4-12-13(7-11)17-9-16-12/h3-4,7,10H,5-6,8-9,14H2,1-2H3. The lowest BCUT2D eigenvalue weighted by atomic mass is 10.1. The fourth-order valence-electron chi connectivity index (χ4n) is 1.96. The Morgan fingerprint density at radius 2 is 2.06 bits per heavy atom. The van der Waals surface area contributed by atoms with E-state index in [9.17, 15) is 0 Å². The number of hydrogen-bond acceptors (Lipinski definition) is 4. The van der Waals surface area contributed by atoms with Crippen LogP contribution in [-0.4, -0.2) is 30.8 Å². The molecule has 0 atom stereocenters. The largest absolute Gasteiger partial charge is 0.454 e. The van der Waals surface area contributed by atoms with E-state index in [0.717, 1.165) is 24.6 Å². The third-order valence-electron chi connectivity index (χ3n) is 2.97. The van der Waals surface area contributed by atoms with E-state index in [4.69, 9.17) is 15.2 Å². The second kappa shape index (κ2) is 5.38. The third kappa shape index (κ3) is 2.90. The van der Waals surface area contributed by atoms with Crippen molar-refractivity contribution in [1.82, 2.24) is 4.90 Å². The van der Waals surface area contributed by atoms with E-state index in [0.29, 0.717) is 19.4 Å². The van der Waals surface area contributed by atoms with Crippen LogP contribution >= 0.6 is 0 Å². The van der Waals surface area contributed by atoms with E-state index in [2.05, 4.69) is 24.8 Å². The molecule has 1 heterocycles. The highest BCUT2D eigenvalue weighted by atomic mass is 16.7. The second-order valence-electron chi connectivity index (χ2n) is 4.54. The molecule has 1 aromatic carbocycles. The first kappa shape index (κ1) is 12.2. The number of fused-ring (bicyclic) bond motifs is 1. The highest BCUT2D eigenvalue weighted by Crippen LogP contribution is 2.32. The molecule has 2 N–H and O–H groups in total. The smallest absolute Gasteiger partial charge is 0.231 e. The highest BCUT2D eigenvalue weighted by Gasteiger charge is 2.15. The van der Waals surface area contributed by atoms with Crippen LogP contribution in [0.25, 0.3) is 0 Å². The first-order valence-electron chi connectivity index (χ1n) is 6.03. The summed E-state index contributed by atoms with van der Waals surface area (Å²) >= 11 is 0. The van der Waals surface area contributed by atoms with Gasteiger partial charge in [-0.15, -0.1) is 0 Å². The van der Waals surface area contributed by atoms with Gasteiger partial charge in [0.15, 0.2) is 11.5 Å². The van der Waals surface area contributed by atoms with Crippen LogP contribution in [0, 0.1) is 0 Å². The zero-order chi connectivity index (χ0) is 12.3. The number of nitrogens with zero attached hydrogens (tertiary/aromatic N) is 1. The van der Waals surface area contributed by atoms with Crippen molar-refractivity contribution < 1.29 is 9.47 Å². The molecule has 17 heavy (non-hydrogen) atoms. The Hall–Kier alpha value is -1.26. The zero-order valence-electron chi connectivity index (χ0n) is 10.5. The molecule has 0 radical (unpaired) electrons. The van der Waals surface area contributed by atoms with E-state index in [-0.39, 0.29) is 0 Å². The van der Waals surface area contributed by atoms with Gasteiger partial charge in [-0.2, -0.15) is 0 Å². The van der Waals surface area contributed by atoms with Crippen LogP contribution in [-0.2, 0) is 6.54 Å². The first-order valence-corrected chi connectivity index (χ1v) is 6.03. The Morgan fingerprint density at radius 1 is 1.29 bits per heavy atom. The van der Waals surface area contributed by atoms with Crippen LogP contribution < -0.4 is 15.2 Å². The molecule has 0 saturated carbocycles. The second-order valence-corrected chi connectivity index (χ2v) is 4.54. The predicted octanol–water partition coefficient (Wildman–Crippen LogP) is 1.58. The van der Waals surface area contributed by atoms with E-state index < -0.39 is 0 Å². The maximum absolute atomic E-state index is 5.62. The maximum atomic E-state index is 5.62. The van der Waals surface area contributed by atoms with Crippen molar-refractivity contribution in [2.24, 2.45) is 5.73 Å². The number of nitrogens with two attached hydrogens (primary N) is 1. The molecule has 94 valence electrons. The minimum absolute atomic E-state index is 0.329. The molecule has 1 aliphatic rings. The fraction of sp³-hybridized carbons (Fsp3) is 0.538. The highest BCUT2D eigenvalue weighted by molar-refractivity contribution is 5.44.